The van der Waals surface area contributed by atoms with Gasteiger partial charge in [-0.25, -0.2) is 4.39 Å². The average molecular weight is 257 g/mol. The number of hydrogen-bond acceptors (Lipinski definition) is 2. The Labute approximate surface area is 111 Å². The van der Waals surface area contributed by atoms with Crippen LogP contribution in [-0.2, 0) is 12.0 Å². The highest BCUT2D eigenvalue weighted by Crippen LogP contribution is 2.44. The molecule has 3 rings (SSSR count). The van der Waals surface area contributed by atoms with Crippen molar-refractivity contribution in [3.05, 3.63) is 65.2 Å². The second-order valence-electron chi connectivity index (χ2n) is 5.30. The third-order valence-corrected chi connectivity index (χ3v) is 4.05. The van der Waals surface area contributed by atoms with Crippen molar-refractivity contribution in [3.8, 4) is 0 Å². The summed E-state index contributed by atoms with van der Waals surface area (Å²) >= 11 is 0. The van der Waals surface area contributed by atoms with Crippen LogP contribution in [0.5, 0.6) is 0 Å². The van der Waals surface area contributed by atoms with E-state index in [2.05, 4.69) is 4.98 Å². The Kier molecular flexibility index (Phi) is 2.86. The maximum Gasteiger partial charge on any atom is 0.123 e. The van der Waals surface area contributed by atoms with Crippen molar-refractivity contribution >= 4 is 0 Å². The number of fused-ring (bicyclic) bond motifs is 1. The Morgan fingerprint density at radius 1 is 1.32 bits per heavy atom. The molecule has 0 saturated heterocycles. The van der Waals surface area contributed by atoms with Crippen LogP contribution in [0.3, 0.4) is 0 Å². The van der Waals surface area contributed by atoms with Gasteiger partial charge < -0.3 is 5.11 Å². The van der Waals surface area contributed by atoms with Crippen LogP contribution in [0.15, 0.2) is 42.6 Å². The minimum atomic E-state index is -1.10. The SMILES string of the molecule is CC(O)(c1cccc(F)c1)C1CCc2cccnc21. The van der Waals surface area contributed by atoms with E-state index in [1.54, 1.807) is 25.3 Å². The van der Waals surface area contributed by atoms with Crippen molar-refractivity contribution in [2.75, 3.05) is 0 Å². The fraction of sp³-hybridized carbons (Fsp3) is 0.312. The highest BCUT2D eigenvalue weighted by Gasteiger charge is 2.39. The lowest BCUT2D eigenvalue weighted by Crippen LogP contribution is -2.29. The summed E-state index contributed by atoms with van der Waals surface area (Å²) in [7, 11) is 0. The van der Waals surface area contributed by atoms with Crippen LogP contribution in [0.4, 0.5) is 4.39 Å². The van der Waals surface area contributed by atoms with E-state index in [0.29, 0.717) is 5.56 Å². The number of hydrogen-bond donors (Lipinski definition) is 1. The number of rotatable bonds is 2. The number of aliphatic hydroxyl groups is 1. The largest absolute Gasteiger partial charge is 0.385 e. The zero-order valence-corrected chi connectivity index (χ0v) is 10.8. The van der Waals surface area contributed by atoms with Crippen molar-refractivity contribution in [1.82, 2.24) is 4.98 Å². The van der Waals surface area contributed by atoms with Crippen LogP contribution in [-0.4, -0.2) is 10.1 Å². The van der Waals surface area contributed by atoms with Gasteiger partial charge in [-0.1, -0.05) is 18.2 Å². The van der Waals surface area contributed by atoms with Crippen molar-refractivity contribution in [2.24, 2.45) is 0 Å². The van der Waals surface area contributed by atoms with E-state index in [9.17, 15) is 9.50 Å². The smallest absolute Gasteiger partial charge is 0.123 e. The van der Waals surface area contributed by atoms with Gasteiger partial charge in [-0.2, -0.15) is 0 Å². The van der Waals surface area contributed by atoms with Crippen LogP contribution >= 0.6 is 0 Å². The molecule has 1 heterocycles. The van der Waals surface area contributed by atoms with Crippen LogP contribution < -0.4 is 0 Å². The first kappa shape index (κ1) is 12.3. The maximum atomic E-state index is 13.4. The normalized spacial score (nSPS) is 20.9. The number of halogens is 1. The second kappa shape index (κ2) is 4.42. The molecular formula is C16H16FNO. The molecule has 1 aliphatic carbocycles. The highest BCUT2D eigenvalue weighted by molar-refractivity contribution is 5.35. The number of nitrogens with zero attached hydrogens (tertiary/aromatic N) is 1. The van der Waals surface area contributed by atoms with Crippen molar-refractivity contribution in [1.29, 1.82) is 0 Å². The molecule has 2 aromatic rings. The molecule has 98 valence electrons. The van der Waals surface area contributed by atoms with Crippen molar-refractivity contribution < 1.29 is 9.50 Å². The van der Waals surface area contributed by atoms with Gasteiger partial charge in [0.1, 0.15) is 5.82 Å². The summed E-state index contributed by atoms with van der Waals surface area (Å²) in [5.41, 5.74) is 1.64. The molecule has 0 aliphatic heterocycles. The van der Waals surface area contributed by atoms with Gasteiger partial charge in [-0.15, -0.1) is 0 Å². The van der Waals surface area contributed by atoms with Crippen LogP contribution in [0.25, 0.3) is 0 Å². The van der Waals surface area contributed by atoms with E-state index >= 15 is 0 Å². The molecule has 0 amide bonds. The van der Waals surface area contributed by atoms with E-state index in [1.165, 1.54) is 17.7 Å². The molecule has 1 aromatic heterocycles. The minimum Gasteiger partial charge on any atom is -0.385 e. The first-order chi connectivity index (χ1) is 9.09. The molecule has 1 aliphatic rings. The Hall–Kier alpha value is -1.74. The van der Waals surface area contributed by atoms with E-state index < -0.39 is 5.60 Å². The first-order valence-electron chi connectivity index (χ1n) is 6.51. The Bertz CT molecular complexity index is 609. The van der Waals surface area contributed by atoms with Gasteiger partial charge in [0.25, 0.3) is 0 Å². The molecule has 2 nitrogen and oxygen atoms in total. The molecule has 0 fully saturated rings. The van der Waals surface area contributed by atoms with E-state index in [-0.39, 0.29) is 11.7 Å². The molecule has 19 heavy (non-hydrogen) atoms. The lowest BCUT2D eigenvalue weighted by Gasteiger charge is -2.30. The predicted molar refractivity (Wildman–Crippen MR) is 71.3 cm³/mol. The Morgan fingerprint density at radius 3 is 2.95 bits per heavy atom. The van der Waals surface area contributed by atoms with Gasteiger partial charge in [0, 0.05) is 17.8 Å². The second-order valence-corrected chi connectivity index (χ2v) is 5.30. The zero-order valence-electron chi connectivity index (χ0n) is 10.8. The van der Waals surface area contributed by atoms with E-state index in [4.69, 9.17) is 0 Å². The maximum absolute atomic E-state index is 13.4. The molecule has 0 radical (unpaired) electrons. The molecule has 1 aromatic carbocycles. The number of benzene rings is 1. The van der Waals surface area contributed by atoms with Crippen LogP contribution in [0, 0.1) is 5.82 Å². The highest BCUT2D eigenvalue weighted by atomic mass is 19.1. The van der Waals surface area contributed by atoms with E-state index in [1.807, 2.05) is 12.1 Å². The summed E-state index contributed by atoms with van der Waals surface area (Å²) in [5.74, 6) is -0.400. The zero-order chi connectivity index (χ0) is 13.5. The van der Waals surface area contributed by atoms with Crippen LogP contribution in [0.2, 0.25) is 0 Å². The summed E-state index contributed by atoms with van der Waals surface area (Å²) in [6.45, 7) is 1.75. The molecule has 0 bridgehead atoms. The van der Waals surface area contributed by atoms with Crippen LogP contribution in [0.1, 0.15) is 36.1 Å². The lowest BCUT2D eigenvalue weighted by atomic mass is 9.81. The summed E-state index contributed by atoms with van der Waals surface area (Å²) in [4.78, 5) is 4.40. The number of pyridine rings is 1. The minimum absolute atomic E-state index is 0.0782. The summed E-state index contributed by atoms with van der Waals surface area (Å²) in [5, 5.41) is 10.9. The van der Waals surface area contributed by atoms with Gasteiger partial charge in [-0.05, 0) is 49.1 Å². The summed E-state index contributed by atoms with van der Waals surface area (Å²) in [6.07, 6.45) is 3.51. The quantitative estimate of drug-likeness (QED) is 0.896. The Morgan fingerprint density at radius 2 is 2.16 bits per heavy atom. The fourth-order valence-electron chi connectivity index (χ4n) is 2.96. The Balaban J connectivity index is 2.02. The number of aryl methyl sites for hydroxylation is 1. The van der Waals surface area contributed by atoms with Crippen molar-refractivity contribution in [3.63, 3.8) is 0 Å². The standard InChI is InChI=1S/C16H16FNO/c1-16(19,12-5-2-6-13(17)10-12)14-8-7-11-4-3-9-18-15(11)14/h2-6,9-10,14,19H,7-8H2,1H3. The molecular weight excluding hydrogens is 241 g/mol. The monoisotopic (exact) mass is 257 g/mol. The molecule has 3 heteroatoms. The lowest BCUT2D eigenvalue weighted by molar-refractivity contribution is 0.0253. The molecule has 2 unspecified atom stereocenters. The van der Waals surface area contributed by atoms with Gasteiger partial charge in [0.05, 0.1) is 5.60 Å². The first-order valence-corrected chi connectivity index (χ1v) is 6.51. The van der Waals surface area contributed by atoms with E-state index in [0.717, 1.165) is 18.5 Å². The van der Waals surface area contributed by atoms with Crippen molar-refractivity contribution in [2.45, 2.75) is 31.3 Å². The number of aromatic nitrogens is 1. The third kappa shape index (κ3) is 2.04. The molecule has 0 spiro atoms. The summed E-state index contributed by atoms with van der Waals surface area (Å²) in [6, 6.07) is 10.2. The topological polar surface area (TPSA) is 33.1 Å². The van der Waals surface area contributed by atoms with Gasteiger partial charge >= 0.3 is 0 Å². The molecule has 1 N–H and O–H groups in total. The summed E-state index contributed by atoms with van der Waals surface area (Å²) < 4.78 is 13.4. The third-order valence-electron chi connectivity index (χ3n) is 4.05. The predicted octanol–water partition coefficient (Wildman–Crippen LogP) is 3.16. The van der Waals surface area contributed by atoms with Gasteiger partial charge in [0.2, 0.25) is 0 Å². The molecule has 0 saturated carbocycles. The van der Waals surface area contributed by atoms with Gasteiger partial charge in [-0.3, -0.25) is 4.98 Å². The fourth-order valence-corrected chi connectivity index (χ4v) is 2.96. The average Bonchev–Trinajstić information content (AvgIpc) is 2.83. The molecule has 2 atom stereocenters. The van der Waals surface area contributed by atoms with Gasteiger partial charge in [0.15, 0.2) is 0 Å².